The summed E-state index contributed by atoms with van der Waals surface area (Å²) in [5, 5.41) is 0. The largest absolute Gasteiger partial charge is 0.305 e. The van der Waals surface area contributed by atoms with Gasteiger partial charge in [-0.1, -0.05) is 75.7 Å². The van der Waals surface area contributed by atoms with Crippen LogP contribution < -0.4 is 9.80 Å². The number of rotatable bonds is 0. The Labute approximate surface area is 205 Å². The van der Waals surface area contributed by atoms with Crippen molar-refractivity contribution in [3.8, 4) is 0 Å². The summed E-state index contributed by atoms with van der Waals surface area (Å²) in [6.45, 7) is 5.04. The van der Waals surface area contributed by atoms with Gasteiger partial charge < -0.3 is 9.80 Å². The molecular formula is C31H52N2+2. The van der Waals surface area contributed by atoms with Gasteiger partial charge in [0.2, 0.25) is 0 Å². The smallest absolute Gasteiger partial charge is 0.104 e. The van der Waals surface area contributed by atoms with Gasteiger partial charge in [-0.15, -0.1) is 0 Å². The SMILES string of the molecule is C1=C[NH+]2CCCCCCCCCCC3=C[NH+](CC=C3)CCCCCCCCC=CCC(=C1)C2. The zero-order valence-electron chi connectivity index (χ0n) is 21.5. The molecule has 2 N–H and O–H groups in total. The number of nitrogens with one attached hydrogen (secondary N) is 2. The maximum absolute atomic E-state index is 2.54. The van der Waals surface area contributed by atoms with Crippen LogP contribution in [0.25, 0.3) is 0 Å². The molecule has 0 aromatic carbocycles. The lowest BCUT2D eigenvalue weighted by Crippen LogP contribution is -3.08. The Balaban J connectivity index is 1.38. The van der Waals surface area contributed by atoms with Crippen molar-refractivity contribution in [3.63, 3.8) is 0 Å². The zero-order valence-corrected chi connectivity index (χ0v) is 21.5. The predicted octanol–water partition coefficient (Wildman–Crippen LogP) is 5.87. The molecule has 0 aromatic heterocycles. The van der Waals surface area contributed by atoms with Gasteiger partial charge in [-0.05, 0) is 75.5 Å². The van der Waals surface area contributed by atoms with Crippen molar-refractivity contribution in [1.29, 1.82) is 0 Å². The standard InChI is InChI=1S/C31H50N2/c1-2-6-10-14-20-30-22-18-27-33(28-30)25-17-13-9-5-3-7-11-15-21-31-23-19-26-32(29-31)24-16-12-8-4-1/h10,14,18-19,22-23,27,29H,1-9,11-13,15-17,20-21,24-26,28H2/p+2. The highest BCUT2D eigenvalue weighted by atomic mass is 15.1. The second kappa shape index (κ2) is 17.1. The van der Waals surface area contributed by atoms with Crippen molar-refractivity contribution in [2.75, 3.05) is 26.2 Å². The fourth-order valence-electron chi connectivity index (χ4n) is 5.52. The first-order valence-electron chi connectivity index (χ1n) is 14.5. The topological polar surface area (TPSA) is 8.88 Å². The lowest BCUT2D eigenvalue weighted by Gasteiger charge is -2.19. The first-order chi connectivity index (χ1) is 16.4. The molecule has 0 fully saturated rings. The van der Waals surface area contributed by atoms with Crippen molar-refractivity contribution < 1.29 is 9.80 Å². The maximum Gasteiger partial charge on any atom is 0.104 e. The van der Waals surface area contributed by atoms with Gasteiger partial charge in [0.1, 0.15) is 13.1 Å². The van der Waals surface area contributed by atoms with Crippen LogP contribution in [0.4, 0.5) is 0 Å². The van der Waals surface area contributed by atoms with Gasteiger partial charge in [-0.3, -0.25) is 0 Å². The van der Waals surface area contributed by atoms with E-state index in [9.17, 15) is 0 Å². The summed E-state index contributed by atoms with van der Waals surface area (Å²) >= 11 is 0. The number of hydrogen-bond acceptors (Lipinski definition) is 0. The van der Waals surface area contributed by atoms with Crippen LogP contribution in [-0.2, 0) is 0 Å². The molecule has 4 bridgehead atoms. The van der Waals surface area contributed by atoms with Crippen LogP contribution in [0.2, 0.25) is 0 Å². The van der Waals surface area contributed by atoms with Crippen LogP contribution in [0, 0.1) is 0 Å². The molecule has 33 heavy (non-hydrogen) atoms. The van der Waals surface area contributed by atoms with Crippen LogP contribution in [0.3, 0.4) is 0 Å². The van der Waals surface area contributed by atoms with Crippen LogP contribution >= 0.6 is 0 Å². The molecule has 3 aliphatic rings. The zero-order chi connectivity index (χ0) is 22.8. The molecule has 0 spiro atoms. The summed E-state index contributed by atoms with van der Waals surface area (Å²) in [6.07, 6.45) is 42.6. The van der Waals surface area contributed by atoms with Gasteiger partial charge in [0, 0.05) is 5.57 Å². The molecule has 0 amide bonds. The molecular weight excluding hydrogens is 400 g/mol. The van der Waals surface area contributed by atoms with Crippen molar-refractivity contribution in [1.82, 2.24) is 0 Å². The molecule has 0 aromatic rings. The molecule has 3 aliphatic heterocycles. The van der Waals surface area contributed by atoms with E-state index in [-0.39, 0.29) is 0 Å². The van der Waals surface area contributed by atoms with Gasteiger partial charge in [0.05, 0.1) is 25.5 Å². The van der Waals surface area contributed by atoms with E-state index in [4.69, 9.17) is 0 Å². The summed E-state index contributed by atoms with van der Waals surface area (Å²) < 4.78 is 0. The molecule has 0 saturated carbocycles. The predicted molar refractivity (Wildman–Crippen MR) is 143 cm³/mol. The Morgan fingerprint density at radius 1 is 0.606 bits per heavy atom. The minimum Gasteiger partial charge on any atom is -0.305 e. The van der Waals surface area contributed by atoms with E-state index in [2.05, 4.69) is 48.9 Å². The average Bonchev–Trinajstić information content (AvgIpc) is 2.84. The summed E-state index contributed by atoms with van der Waals surface area (Å²) in [5.74, 6) is 0. The number of hydrogen-bond donors (Lipinski definition) is 2. The molecule has 184 valence electrons. The van der Waals surface area contributed by atoms with Gasteiger partial charge in [0.25, 0.3) is 0 Å². The number of quaternary nitrogens is 2. The van der Waals surface area contributed by atoms with Crippen LogP contribution in [0.5, 0.6) is 0 Å². The third kappa shape index (κ3) is 12.1. The van der Waals surface area contributed by atoms with Gasteiger partial charge in [0.15, 0.2) is 0 Å². The molecule has 2 nitrogen and oxygen atoms in total. The molecule has 0 radical (unpaired) electrons. The van der Waals surface area contributed by atoms with Gasteiger partial charge in [-0.2, -0.15) is 0 Å². The quantitative estimate of drug-likeness (QED) is 0.426. The number of fused-ring (bicyclic) bond motifs is 3. The fourth-order valence-corrected chi connectivity index (χ4v) is 5.52. The Kier molecular flexibility index (Phi) is 13.6. The normalized spacial score (nSPS) is 27.9. The molecule has 0 saturated heterocycles. The van der Waals surface area contributed by atoms with E-state index >= 15 is 0 Å². The highest BCUT2D eigenvalue weighted by Gasteiger charge is 2.11. The third-order valence-electron chi connectivity index (χ3n) is 7.60. The summed E-state index contributed by atoms with van der Waals surface area (Å²) in [4.78, 5) is 3.34. The lowest BCUT2D eigenvalue weighted by atomic mass is 10.0. The Hall–Kier alpha value is -1.38. The van der Waals surface area contributed by atoms with Crippen molar-refractivity contribution >= 4 is 0 Å². The summed E-state index contributed by atoms with van der Waals surface area (Å²) in [7, 11) is 0. The minimum absolute atomic E-state index is 1.15. The van der Waals surface area contributed by atoms with Gasteiger partial charge >= 0.3 is 0 Å². The van der Waals surface area contributed by atoms with Gasteiger partial charge in [-0.25, -0.2) is 0 Å². The Morgan fingerprint density at radius 2 is 1.27 bits per heavy atom. The highest BCUT2D eigenvalue weighted by molar-refractivity contribution is 5.18. The lowest BCUT2D eigenvalue weighted by molar-refractivity contribution is -0.842. The first kappa shape index (κ1) is 26.2. The fraction of sp³-hybridized carbons (Fsp3) is 0.677. The minimum atomic E-state index is 1.15. The molecule has 2 atom stereocenters. The highest BCUT2D eigenvalue weighted by Crippen LogP contribution is 2.14. The van der Waals surface area contributed by atoms with Crippen LogP contribution in [0.1, 0.15) is 109 Å². The van der Waals surface area contributed by atoms with Crippen LogP contribution in [0.15, 0.2) is 60.0 Å². The average molecular weight is 453 g/mol. The monoisotopic (exact) mass is 452 g/mol. The van der Waals surface area contributed by atoms with E-state index < -0.39 is 0 Å². The molecule has 0 aliphatic carbocycles. The van der Waals surface area contributed by atoms with E-state index in [1.165, 1.54) is 129 Å². The van der Waals surface area contributed by atoms with Crippen molar-refractivity contribution in [2.24, 2.45) is 0 Å². The molecule has 3 rings (SSSR count). The van der Waals surface area contributed by atoms with E-state index in [1.807, 2.05) is 0 Å². The second-order valence-corrected chi connectivity index (χ2v) is 10.7. The Morgan fingerprint density at radius 3 is 2.06 bits per heavy atom. The molecule has 2 unspecified atom stereocenters. The molecule has 3 heterocycles. The first-order valence-corrected chi connectivity index (χ1v) is 14.5. The van der Waals surface area contributed by atoms with E-state index in [0.29, 0.717) is 0 Å². The molecule has 2 heteroatoms. The maximum atomic E-state index is 2.54. The number of allylic oxidation sites excluding steroid dienone is 6. The Bertz CT molecular complexity index is 666. The van der Waals surface area contributed by atoms with Crippen LogP contribution in [-0.4, -0.2) is 26.2 Å². The summed E-state index contributed by atoms with van der Waals surface area (Å²) in [6, 6.07) is 0. The van der Waals surface area contributed by atoms with E-state index in [0.717, 1.165) is 6.42 Å². The summed E-state index contributed by atoms with van der Waals surface area (Å²) in [5.41, 5.74) is 3.20. The van der Waals surface area contributed by atoms with Crippen molar-refractivity contribution in [3.05, 3.63) is 60.0 Å². The third-order valence-corrected chi connectivity index (χ3v) is 7.60. The van der Waals surface area contributed by atoms with Crippen molar-refractivity contribution in [2.45, 2.75) is 109 Å². The van der Waals surface area contributed by atoms with E-state index in [1.54, 1.807) is 20.9 Å². The second-order valence-electron chi connectivity index (χ2n) is 10.7.